The maximum Gasteiger partial charge on any atom is 0.136 e. The molecule has 21 heavy (non-hydrogen) atoms. The first-order chi connectivity index (χ1) is 10.1. The van der Waals surface area contributed by atoms with Gasteiger partial charge >= 0.3 is 0 Å². The zero-order valence-corrected chi connectivity index (χ0v) is 11.7. The number of aromatic hydroxyl groups is 2. The summed E-state index contributed by atoms with van der Waals surface area (Å²) in [6, 6.07) is 14.0. The molecule has 0 saturated carbocycles. The van der Waals surface area contributed by atoms with Crippen LogP contribution in [0.15, 0.2) is 48.5 Å². The van der Waals surface area contributed by atoms with E-state index in [0.29, 0.717) is 5.56 Å². The number of hydrogen-bond donors (Lipinski definition) is 4. The molecule has 1 saturated heterocycles. The molecule has 1 fully saturated rings. The van der Waals surface area contributed by atoms with Crippen molar-refractivity contribution in [3.05, 3.63) is 54.1 Å². The molecule has 1 aliphatic rings. The molecule has 0 aliphatic carbocycles. The molecule has 1 aliphatic heterocycles. The lowest BCUT2D eigenvalue weighted by molar-refractivity contribution is 0.171. The third-order valence-corrected chi connectivity index (χ3v) is 3.65. The minimum atomic E-state index is -0.208. The van der Waals surface area contributed by atoms with Crippen molar-refractivity contribution >= 4 is 0 Å². The number of phenolic OH excluding ortho intramolecular Hbond substituents is 2. The van der Waals surface area contributed by atoms with Gasteiger partial charge in [-0.1, -0.05) is 18.2 Å². The number of rotatable bonds is 3. The molecule has 0 aromatic heterocycles. The maximum atomic E-state index is 10.0. The standard InChI is InChI=1S/C16H18N2O3/c1-10-16(21-12-5-3-2-4-6-12)15(18-17-10)13-8-7-11(19)9-14(13)20/h2-10,15-20H,1H3. The molecule has 5 nitrogen and oxygen atoms in total. The number of phenols is 2. The Kier molecular flexibility index (Phi) is 3.68. The van der Waals surface area contributed by atoms with Crippen LogP contribution in [-0.4, -0.2) is 22.4 Å². The molecule has 3 rings (SSSR count). The summed E-state index contributed by atoms with van der Waals surface area (Å²) in [5.41, 5.74) is 6.95. The largest absolute Gasteiger partial charge is 0.508 e. The van der Waals surface area contributed by atoms with E-state index in [1.807, 2.05) is 37.3 Å². The number of ether oxygens (including phenoxy) is 1. The van der Waals surface area contributed by atoms with Crippen LogP contribution < -0.4 is 15.6 Å². The van der Waals surface area contributed by atoms with Crippen molar-refractivity contribution in [2.24, 2.45) is 0 Å². The smallest absolute Gasteiger partial charge is 0.136 e. The fourth-order valence-corrected chi connectivity index (χ4v) is 2.55. The van der Waals surface area contributed by atoms with Crippen LogP contribution in [0.4, 0.5) is 0 Å². The van der Waals surface area contributed by atoms with Crippen LogP contribution in [0, 0.1) is 0 Å². The zero-order valence-electron chi connectivity index (χ0n) is 11.7. The van der Waals surface area contributed by atoms with E-state index in [1.165, 1.54) is 6.07 Å². The maximum absolute atomic E-state index is 10.0. The van der Waals surface area contributed by atoms with Gasteiger partial charge in [0, 0.05) is 11.6 Å². The zero-order chi connectivity index (χ0) is 14.8. The lowest BCUT2D eigenvalue weighted by atomic mass is 9.98. The Morgan fingerprint density at radius 3 is 2.48 bits per heavy atom. The Balaban J connectivity index is 1.87. The number of nitrogens with one attached hydrogen (secondary N) is 2. The molecule has 2 aromatic carbocycles. The molecule has 110 valence electrons. The van der Waals surface area contributed by atoms with E-state index >= 15 is 0 Å². The van der Waals surface area contributed by atoms with Gasteiger partial charge < -0.3 is 14.9 Å². The Morgan fingerprint density at radius 2 is 1.76 bits per heavy atom. The van der Waals surface area contributed by atoms with Crippen molar-refractivity contribution in [1.82, 2.24) is 10.9 Å². The van der Waals surface area contributed by atoms with E-state index in [1.54, 1.807) is 12.1 Å². The van der Waals surface area contributed by atoms with Crippen LogP contribution in [0.1, 0.15) is 18.5 Å². The summed E-state index contributed by atoms with van der Waals surface area (Å²) in [7, 11) is 0. The lowest BCUT2D eigenvalue weighted by Crippen LogP contribution is -2.33. The van der Waals surface area contributed by atoms with Crippen LogP contribution in [0.25, 0.3) is 0 Å². The predicted molar refractivity (Wildman–Crippen MR) is 79.1 cm³/mol. The van der Waals surface area contributed by atoms with Gasteiger partial charge in [0.2, 0.25) is 0 Å². The monoisotopic (exact) mass is 286 g/mol. The molecular weight excluding hydrogens is 268 g/mol. The summed E-state index contributed by atoms with van der Waals surface area (Å²) in [4.78, 5) is 0. The second kappa shape index (κ2) is 5.63. The van der Waals surface area contributed by atoms with Crippen LogP contribution in [0.5, 0.6) is 17.2 Å². The third kappa shape index (κ3) is 2.79. The van der Waals surface area contributed by atoms with Gasteiger partial charge in [-0.05, 0) is 31.2 Å². The van der Waals surface area contributed by atoms with Crippen molar-refractivity contribution in [2.75, 3.05) is 0 Å². The van der Waals surface area contributed by atoms with E-state index in [9.17, 15) is 10.2 Å². The molecule has 4 N–H and O–H groups in total. The predicted octanol–water partition coefficient (Wildman–Crippen LogP) is 2.08. The molecule has 3 unspecified atom stereocenters. The Bertz CT molecular complexity index is 618. The molecule has 0 spiro atoms. The molecule has 5 heteroatoms. The topological polar surface area (TPSA) is 73.8 Å². The van der Waals surface area contributed by atoms with Crippen LogP contribution in [0.2, 0.25) is 0 Å². The Morgan fingerprint density at radius 1 is 1.00 bits per heavy atom. The van der Waals surface area contributed by atoms with Gasteiger partial charge in [0.25, 0.3) is 0 Å². The highest BCUT2D eigenvalue weighted by atomic mass is 16.5. The van der Waals surface area contributed by atoms with Crippen molar-refractivity contribution in [2.45, 2.75) is 25.1 Å². The van der Waals surface area contributed by atoms with Crippen molar-refractivity contribution in [1.29, 1.82) is 0 Å². The van der Waals surface area contributed by atoms with Crippen molar-refractivity contribution in [3.8, 4) is 17.2 Å². The van der Waals surface area contributed by atoms with E-state index in [4.69, 9.17) is 4.74 Å². The first-order valence-corrected chi connectivity index (χ1v) is 6.90. The number of hydrazine groups is 1. The lowest BCUT2D eigenvalue weighted by Gasteiger charge is -2.23. The molecule has 0 radical (unpaired) electrons. The summed E-state index contributed by atoms with van der Waals surface area (Å²) in [5, 5.41) is 19.4. The summed E-state index contributed by atoms with van der Waals surface area (Å²) in [5.74, 6) is 0.865. The third-order valence-electron chi connectivity index (χ3n) is 3.65. The fourth-order valence-electron chi connectivity index (χ4n) is 2.55. The van der Waals surface area contributed by atoms with Gasteiger partial charge in [-0.25, -0.2) is 5.43 Å². The van der Waals surface area contributed by atoms with E-state index < -0.39 is 0 Å². The first-order valence-electron chi connectivity index (χ1n) is 6.90. The molecule has 0 bridgehead atoms. The summed E-state index contributed by atoms with van der Waals surface area (Å²) in [6.45, 7) is 2.01. The van der Waals surface area contributed by atoms with Gasteiger partial charge in [0.1, 0.15) is 23.4 Å². The number of hydrogen-bond acceptors (Lipinski definition) is 5. The SMILES string of the molecule is CC1NNC(c2ccc(O)cc2O)C1Oc1ccccc1. The first kappa shape index (κ1) is 13.7. The summed E-state index contributed by atoms with van der Waals surface area (Å²) < 4.78 is 6.04. The normalized spacial score (nSPS) is 24.9. The summed E-state index contributed by atoms with van der Waals surface area (Å²) in [6.07, 6.45) is -0.178. The Labute approximate surface area is 123 Å². The van der Waals surface area contributed by atoms with E-state index in [0.717, 1.165) is 5.75 Å². The van der Waals surface area contributed by atoms with Crippen molar-refractivity contribution in [3.63, 3.8) is 0 Å². The van der Waals surface area contributed by atoms with Gasteiger partial charge in [0.15, 0.2) is 0 Å². The highest BCUT2D eigenvalue weighted by Crippen LogP contribution is 2.34. The minimum Gasteiger partial charge on any atom is -0.508 e. The summed E-state index contributed by atoms with van der Waals surface area (Å²) >= 11 is 0. The van der Waals surface area contributed by atoms with Gasteiger partial charge in [0.05, 0.1) is 12.1 Å². The molecule has 2 aromatic rings. The molecular formula is C16H18N2O3. The van der Waals surface area contributed by atoms with Crippen LogP contribution in [0.3, 0.4) is 0 Å². The molecule has 1 heterocycles. The van der Waals surface area contributed by atoms with E-state index in [2.05, 4.69) is 10.9 Å². The molecule has 0 amide bonds. The Hall–Kier alpha value is -2.24. The highest BCUT2D eigenvalue weighted by molar-refractivity contribution is 5.42. The van der Waals surface area contributed by atoms with Gasteiger partial charge in [-0.2, -0.15) is 0 Å². The fraction of sp³-hybridized carbons (Fsp3) is 0.250. The highest BCUT2D eigenvalue weighted by Gasteiger charge is 2.37. The van der Waals surface area contributed by atoms with Gasteiger partial charge in [-0.3, -0.25) is 5.43 Å². The minimum absolute atomic E-state index is 0.0378. The van der Waals surface area contributed by atoms with Crippen molar-refractivity contribution < 1.29 is 14.9 Å². The van der Waals surface area contributed by atoms with Gasteiger partial charge in [-0.15, -0.1) is 0 Å². The van der Waals surface area contributed by atoms with E-state index in [-0.39, 0.29) is 29.7 Å². The number of para-hydroxylation sites is 1. The van der Waals surface area contributed by atoms with Crippen LogP contribution in [-0.2, 0) is 0 Å². The number of benzene rings is 2. The quantitative estimate of drug-likeness (QED) is 0.695. The second-order valence-corrected chi connectivity index (χ2v) is 5.19. The van der Waals surface area contributed by atoms with Crippen LogP contribution >= 0.6 is 0 Å². The average molecular weight is 286 g/mol. The second-order valence-electron chi connectivity index (χ2n) is 5.19. The average Bonchev–Trinajstić information content (AvgIpc) is 2.82. The molecule has 3 atom stereocenters.